The van der Waals surface area contributed by atoms with Crippen LogP contribution in [0.5, 0.6) is 0 Å². The zero-order chi connectivity index (χ0) is 10.4. The van der Waals surface area contributed by atoms with Gasteiger partial charge in [0, 0.05) is 0 Å². The monoisotopic (exact) mass is 185 g/mol. The summed E-state index contributed by atoms with van der Waals surface area (Å²) in [6, 6.07) is 0. The van der Waals surface area contributed by atoms with Crippen LogP contribution in [-0.2, 0) is 0 Å². The lowest BCUT2D eigenvalue weighted by Crippen LogP contribution is -2.28. The van der Waals surface area contributed by atoms with Crippen LogP contribution < -0.4 is 5.32 Å². The largest absolute Gasteiger partial charge is 0.319 e. The molecule has 0 rings (SSSR count). The fraction of sp³-hybridized carbons (Fsp3) is 1.00. The molecule has 0 aromatic rings. The highest BCUT2D eigenvalue weighted by Gasteiger charge is 2.22. The molecule has 0 amide bonds. The Bertz CT molecular complexity index is 122. The summed E-state index contributed by atoms with van der Waals surface area (Å²) < 4.78 is 0. The number of hydrogen-bond acceptors (Lipinski definition) is 1. The van der Waals surface area contributed by atoms with Crippen LogP contribution in [0.4, 0.5) is 0 Å². The molecule has 0 saturated heterocycles. The van der Waals surface area contributed by atoms with E-state index in [2.05, 4.69) is 39.9 Å². The van der Waals surface area contributed by atoms with Crippen LogP contribution >= 0.6 is 0 Å². The van der Waals surface area contributed by atoms with Crippen molar-refractivity contribution in [2.45, 2.75) is 41.0 Å². The van der Waals surface area contributed by atoms with Gasteiger partial charge in [-0.3, -0.25) is 0 Å². The zero-order valence-electron chi connectivity index (χ0n) is 10.2. The van der Waals surface area contributed by atoms with Gasteiger partial charge in [0.2, 0.25) is 0 Å². The van der Waals surface area contributed by atoms with Gasteiger partial charge in [0.25, 0.3) is 0 Å². The van der Waals surface area contributed by atoms with E-state index >= 15 is 0 Å². The molecule has 0 fully saturated rings. The molecule has 0 bridgehead atoms. The van der Waals surface area contributed by atoms with Crippen LogP contribution in [0.3, 0.4) is 0 Å². The van der Waals surface area contributed by atoms with Gasteiger partial charge in [0.05, 0.1) is 0 Å². The van der Waals surface area contributed by atoms with Gasteiger partial charge >= 0.3 is 0 Å². The molecule has 13 heavy (non-hydrogen) atoms. The SMILES string of the molecule is CC[C@@H](C)[C@@H](C)[C@H](C)[C@@H](C)CNC. The Morgan fingerprint density at radius 2 is 1.38 bits per heavy atom. The van der Waals surface area contributed by atoms with Crippen molar-refractivity contribution in [1.82, 2.24) is 5.32 Å². The maximum absolute atomic E-state index is 3.26. The highest BCUT2D eigenvalue weighted by Crippen LogP contribution is 2.28. The highest BCUT2D eigenvalue weighted by molar-refractivity contribution is 4.72. The maximum Gasteiger partial charge on any atom is -0.00235 e. The van der Waals surface area contributed by atoms with Crippen molar-refractivity contribution in [3.05, 3.63) is 0 Å². The summed E-state index contributed by atoms with van der Waals surface area (Å²) in [5.74, 6) is 3.30. The lowest BCUT2D eigenvalue weighted by molar-refractivity contribution is 0.207. The van der Waals surface area contributed by atoms with Gasteiger partial charge in [-0.1, -0.05) is 41.0 Å². The normalized spacial score (nSPS) is 20.8. The summed E-state index contributed by atoms with van der Waals surface area (Å²) in [7, 11) is 2.04. The van der Waals surface area contributed by atoms with E-state index in [1.165, 1.54) is 6.42 Å². The van der Waals surface area contributed by atoms with Crippen molar-refractivity contribution >= 4 is 0 Å². The average molecular weight is 185 g/mol. The van der Waals surface area contributed by atoms with Gasteiger partial charge in [-0.2, -0.15) is 0 Å². The quantitative estimate of drug-likeness (QED) is 0.670. The van der Waals surface area contributed by atoms with Crippen molar-refractivity contribution in [3.8, 4) is 0 Å². The fourth-order valence-corrected chi connectivity index (χ4v) is 1.92. The third-order valence-corrected chi connectivity index (χ3v) is 3.79. The minimum Gasteiger partial charge on any atom is -0.319 e. The average Bonchev–Trinajstić information content (AvgIpc) is 2.14. The molecule has 0 unspecified atom stereocenters. The van der Waals surface area contributed by atoms with E-state index in [4.69, 9.17) is 0 Å². The van der Waals surface area contributed by atoms with Crippen LogP contribution in [-0.4, -0.2) is 13.6 Å². The lowest BCUT2D eigenvalue weighted by atomic mass is 9.77. The van der Waals surface area contributed by atoms with Gasteiger partial charge in [0.1, 0.15) is 0 Å². The van der Waals surface area contributed by atoms with Crippen molar-refractivity contribution < 1.29 is 0 Å². The highest BCUT2D eigenvalue weighted by atomic mass is 14.8. The van der Waals surface area contributed by atoms with Crippen molar-refractivity contribution in [3.63, 3.8) is 0 Å². The van der Waals surface area contributed by atoms with Crippen LogP contribution in [0.1, 0.15) is 41.0 Å². The Morgan fingerprint density at radius 1 is 0.923 bits per heavy atom. The van der Waals surface area contributed by atoms with Crippen molar-refractivity contribution in [1.29, 1.82) is 0 Å². The molecule has 0 aliphatic carbocycles. The second kappa shape index (κ2) is 6.42. The second-order valence-electron chi connectivity index (χ2n) is 4.64. The number of nitrogens with one attached hydrogen (secondary N) is 1. The summed E-state index contributed by atoms with van der Waals surface area (Å²) in [4.78, 5) is 0. The van der Waals surface area contributed by atoms with Gasteiger partial charge in [-0.15, -0.1) is 0 Å². The van der Waals surface area contributed by atoms with Crippen LogP contribution in [0, 0.1) is 23.7 Å². The molecule has 1 heteroatoms. The Morgan fingerprint density at radius 3 is 1.77 bits per heavy atom. The first-order valence-corrected chi connectivity index (χ1v) is 5.69. The molecule has 80 valence electrons. The van der Waals surface area contributed by atoms with E-state index in [1.807, 2.05) is 7.05 Å². The van der Waals surface area contributed by atoms with Crippen molar-refractivity contribution in [2.24, 2.45) is 23.7 Å². The van der Waals surface area contributed by atoms with E-state index < -0.39 is 0 Å². The van der Waals surface area contributed by atoms with E-state index in [1.54, 1.807) is 0 Å². The molecule has 0 radical (unpaired) electrons. The van der Waals surface area contributed by atoms with E-state index in [0.717, 1.165) is 30.2 Å². The van der Waals surface area contributed by atoms with Crippen molar-refractivity contribution in [2.75, 3.05) is 13.6 Å². The standard InChI is InChI=1S/C12H27N/c1-7-9(2)11(4)12(5)10(3)8-13-6/h9-13H,7-8H2,1-6H3/t9-,10+,11-,12-/m1/s1. The predicted molar refractivity (Wildman–Crippen MR) is 60.9 cm³/mol. The number of rotatable bonds is 6. The molecular formula is C12H27N. The maximum atomic E-state index is 3.26. The molecular weight excluding hydrogens is 158 g/mol. The topological polar surface area (TPSA) is 12.0 Å². The summed E-state index contributed by atoms with van der Waals surface area (Å²) in [6.45, 7) is 12.9. The molecule has 0 aliphatic rings. The molecule has 0 heterocycles. The Labute approximate surface area is 84.3 Å². The predicted octanol–water partition coefficient (Wildman–Crippen LogP) is 3.16. The molecule has 0 aromatic carbocycles. The second-order valence-corrected chi connectivity index (χ2v) is 4.64. The van der Waals surface area contributed by atoms with Gasteiger partial charge in [-0.25, -0.2) is 0 Å². The molecule has 4 atom stereocenters. The van der Waals surface area contributed by atoms with Crippen LogP contribution in [0.2, 0.25) is 0 Å². The Balaban J connectivity index is 3.99. The van der Waals surface area contributed by atoms with Gasteiger partial charge < -0.3 is 5.32 Å². The first-order valence-electron chi connectivity index (χ1n) is 5.69. The minimum absolute atomic E-state index is 0.786. The van der Waals surface area contributed by atoms with Gasteiger partial charge in [-0.05, 0) is 37.3 Å². The minimum atomic E-state index is 0.786. The van der Waals surface area contributed by atoms with Crippen LogP contribution in [0.25, 0.3) is 0 Å². The lowest BCUT2D eigenvalue weighted by Gasteiger charge is -2.30. The summed E-state index contributed by atoms with van der Waals surface area (Å²) in [6.07, 6.45) is 1.30. The van der Waals surface area contributed by atoms with E-state index in [0.29, 0.717) is 0 Å². The molecule has 1 N–H and O–H groups in total. The third kappa shape index (κ3) is 4.12. The summed E-state index contributed by atoms with van der Waals surface area (Å²) >= 11 is 0. The third-order valence-electron chi connectivity index (χ3n) is 3.79. The molecule has 0 spiro atoms. The smallest absolute Gasteiger partial charge is 0.00235 e. The first-order chi connectivity index (χ1) is 6.04. The molecule has 0 aromatic heterocycles. The van der Waals surface area contributed by atoms with Gasteiger partial charge in [0.15, 0.2) is 0 Å². The number of hydrogen-bond donors (Lipinski definition) is 1. The Hall–Kier alpha value is -0.0400. The van der Waals surface area contributed by atoms with E-state index in [9.17, 15) is 0 Å². The van der Waals surface area contributed by atoms with E-state index in [-0.39, 0.29) is 0 Å². The zero-order valence-corrected chi connectivity index (χ0v) is 10.2. The first kappa shape index (κ1) is 13.0. The van der Waals surface area contributed by atoms with Crippen LogP contribution in [0.15, 0.2) is 0 Å². The molecule has 0 saturated carbocycles. The summed E-state index contributed by atoms with van der Waals surface area (Å²) in [5, 5.41) is 3.26. The Kier molecular flexibility index (Phi) is 6.40. The molecule has 0 aliphatic heterocycles. The molecule has 1 nitrogen and oxygen atoms in total. The summed E-state index contributed by atoms with van der Waals surface area (Å²) in [5.41, 5.74) is 0. The fourth-order valence-electron chi connectivity index (χ4n) is 1.92.